The second kappa shape index (κ2) is 8.93. The van der Waals surface area contributed by atoms with Crippen LogP contribution < -0.4 is 4.74 Å². The molecule has 1 atom stereocenters. The standard InChI is InChI=1S/C22H31FN2O3/c1-17(2)8-12-25-16-22(10-7-20(25)26)9-4-11-24(15-22)21(27)14-28-19-6-3-5-18(23)13-19/h3,5-6,13,17H,4,7-12,14-16H2,1-2H3. The van der Waals surface area contributed by atoms with Crippen molar-refractivity contribution in [3.8, 4) is 5.75 Å². The highest BCUT2D eigenvalue weighted by molar-refractivity contribution is 5.79. The average molecular weight is 390 g/mol. The van der Waals surface area contributed by atoms with Crippen LogP contribution in [0.5, 0.6) is 5.75 Å². The van der Waals surface area contributed by atoms with Crippen molar-refractivity contribution in [1.82, 2.24) is 9.80 Å². The van der Waals surface area contributed by atoms with Gasteiger partial charge in [-0.15, -0.1) is 0 Å². The maximum absolute atomic E-state index is 13.3. The van der Waals surface area contributed by atoms with Crippen LogP contribution in [0, 0.1) is 17.2 Å². The largest absolute Gasteiger partial charge is 0.484 e. The Hall–Kier alpha value is -2.11. The Morgan fingerprint density at radius 1 is 1.29 bits per heavy atom. The Morgan fingerprint density at radius 2 is 2.11 bits per heavy atom. The van der Waals surface area contributed by atoms with E-state index >= 15 is 0 Å². The molecule has 0 aromatic heterocycles. The van der Waals surface area contributed by atoms with E-state index in [4.69, 9.17) is 4.74 Å². The van der Waals surface area contributed by atoms with Gasteiger partial charge in [-0.3, -0.25) is 9.59 Å². The fourth-order valence-corrected chi connectivity index (χ4v) is 4.27. The molecule has 1 unspecified atom stereocenters. The highest BCUT2D eigenvalue weighted by Crippen LogP contribution is 2.39. The number of amides is 2. The van der Waals surface area contributed by atoms with E-state index in [9.17, 15) is 14.0 Å². The zero-order chi connectivity index (χ0) is 20.1. The average Bonchev–Trinajstić information content (AvgIpc) is 2.67. The molecule has 2 fully saturated rings. The smallest absolute Gasteiger partial charge is 0.260 e. The molecule has 28 heavy (non-hydrogen) atoms. The van der Waals surface area contributed by atoms with Crippen molar-refractivity contribution in [1.29, 1.82) is 0 Å². The fraction of sp³-hybridized carbons (Fsp3) is 0.636. The van der Waals surface area contributed by atoms with Crippen LogP contribution in [-0.4, -0.2) is 54.4 Å². The van der Waals surface area contributed by atoms with Crippen LogP contribution in [0.15, 0.2) is 24.3 Å². The van der Waals surface area contributed by atoms with Crippen LogP contribution >= 0.6 is 0 Å². The Morgan fingerprint density at radius 3 is 2.86 bits per heavy atom. The number of piperidine rings is 2. The van der Waals surface area contributed by atoms with Gasteiger partial charge in [0.05, 0.1) is 0 Å². The number of hydrogen-bond acceptors (Lipinski definition) is 3. The number of hydrogen-bond donors (Lipinski definition) is 0. The minimum Gasteiger partial charge on any atom is -0.484 e. The van der Waals surface area contributed by atoms with Crippen LogP contribution in [-0.2, 0) is 9.59 Å². The Kier molecular flexibility index (Phi) is 6.57. The van der Waals surface area contributed by atoms with Gasteiger partial charge < -0.3 is 14.5 Å². The molecule has 2 amide bonds. The number of carbonyl (C=O) groups excluding carboxylic acids is 2. The lowest BCUT2D eigenvalue weighted by Gasteiger charge is -2.48. The minimum absolute atomic E-state index is 0.00233. The highest BCUT2D eigenvalue weighted by atomic mass is 19.1. The van der Waals surface area contributed by atoms with Gasteiger partial charge in [-0.1, -0.05) is 19.9 Å². The zero-order valence-corrected chi connectivity index (χ0v) is 17.0. The highest BCUT2D eigenvalue weighted by Gasteiger charge is 2.42. The predicted molar refractivity (Wildman–Crippen MR) is 105 cm³/mol. The third-order valence-electron chi connectivity index (χ3n) is 5.90. The summed E-state index contributed by atoms with van der Waals surface area (Å²) < 4.78 is 18.7. The Bertz CT molecular complexity index is 709. The van der Waals surface area contributed by atoms with E-state index in [2.05, 4.69) is 13.8 Å². The predicted octanol–water partition coefficient (Wildman–Crippen LogP) is 3.48. The lowest BCUT2D eigenvalue weighted by molar-refractivity contribution is -0.144. The third-order valence-corrected chi connectivity index (χ3v) is 5.90. The van der Waals surface area contributed by atoms with Gasteiger partial charge in [0.25, 0.3) is 5.91 Å². The minimum atomic E-state index is -0.379. The maximum atomic E-state index is 13.3. The second-order valence-corrected chi connectivity index (χ2v) is 8.66. The molecule has 1 spiro atoms. The van der Waals surface area contributed by atoms with E-state index in [1.165, 1.54) is 12.1 Å². The molecule has 2 saturated heterocycles. The summed E-state index contributed by atoms with van der Waals surface area (Å²) in [5, 5.41) is 0. The number of benzene rings is 1. The Labute approximate surface area is 166 Å². The summed E-state index contributed by atoms with van der Waals surface area (Å²) in [6.45, 7) is 7.18. The molecule has 2 aliphatic rings. The molecule has 6 heteroatoms. The van der Waals surface area contributed by atoms with Gasteiger partial charge in [0.2, 0.25) is 5.91 Å². The van der Waals surface area contributed by atoms with Crippen LogP contribution in [0.2, 0.25) is 0 Å². The van der Waals surface area contributed by atoms with E-state index in [1.807, 2.05) is 9.80 Å². The van der Waals surface area contributed by atoms with Crippen molar-refractivity contribution in [2.75, 3.05) is 32.8 Å². The summed E-state index contributed by atoms with van der Waals surface area (Å²) in [6.07, 6.45) is 4.41. The number of nitrogens with zero attached hydrogens (tertiary/aromatic N) is 2. The number of halogens is 1. The van der Waals surface area contributed by atoms with Gasteiger partial charge in [-0.05, 0) is 43.7 Å². The first-order valence-corrected chi connectivity index (χ1v) is 10.3. The van der Waals surface area contributed by atoms with Crippen LogP contribution in [0.1, 0.15) is 46.0 Å². The van der Waals surface area contributed by atoms with Crippen molar-refractivity contribution < 1.29 is 18.7 Å². The molecular weight excluding hydrogens is 359 g/mol. The molecule has 1 aromatic carbocycles. The molecule has 3 rings (SSSR count). The van der Waals surface area contributed by atoms with Crippen molar-refractivity contribution in [3.63, 3.8) is 0 Å². The number of ether oxygens (including phenoxy) is 1. The van der Waals surface area contributed by atoms with Gasteiger partial charge in [-0.25, -0.2) is 4.39 Å². The molecule has 0 bridgehead atoms. The van der Waals surface area contributed by atoms with E-state index in [1.54, 1.807) is 12.1 Å². The lowest BCUT2D eigenvalue weighted by Crippen LogP contribution is -2.55. The fourth-order valence-electron chi connectivity index (χ4n) is 4.27. The molecule has 5 nitrogen and oxygen atoms in total. The van der Waals surface area contributed by atoms with Crippen LogP contribution in [0.3, 0.4) is 0 Å². The van der Waals surface area contributed by atoms with Crippen molar-refractivity contribution in [2.24, 2.45) is 11.3 Å². The molecule has 0 aliphatic carbocycles. The molecule has 154 valence electrons. The monoisotopic (exact) mass is 390 g/mol. The first-order chi connectivity index (χ1) is 13.4. The van der Waals surface area contributed by atoms with Crippen LogP contribution in [0.25, 0.3) is 0 Å². The van der Waals surface area contributed by atoms with Gasteiger partial charge >= 0.3 is 0 Å². The lowest BCUT2D eigenvalue weighted by atomic mass is 9.73. The molecule has 1 aromatic rings. The van der Waals surface area contributed by atoms with Gasteiger partial charge in [-0.2, -0.15) is 0 Å². The number of likely N-dealkylation sites (tertiary alicyclic amines) is 2. The summed E-state index contributed by atoms with van der Waals surface area (Å²) in [4.78, 5) is 28.9. The van der Waals surface area contributed by atoms with Crippen molar-refractivity contribution >= 4 is 11.8 Å². The molecule has 2 aliphatic heterocycles. The molecule has 0 N–H and O–H groups in total. The van der Waals surface area contributed by atoms with E-state index in [0.29, 0.717) is 31.2 Å². The summed E-state index contributed by atoms with van der Waals surface area (Å²) in [6, 6.07) is 5.84. The van der Waals surface area contributed by atoms with Crippen LogP contribution in [0.4, 0.5) is 4.39 Å². The van der Waals surface area contributed by atoms with Crippen molar-refractivity contribution in [3.05, 3.63) is 30.1 Å². The van der Waals surface area contributed by atoms with E-state index in [0.717, 1.165) is 38.8 Å². The summed E-state index contributed by atoms with van der Waals surface area (Å²) in [7, 11) is 0. The number of rotatable bonds is 6. The van der Waals surface area contributed by atoms with Gasteiger partial charge in [0, 0.05) is 44.1 Å². The normalized spacial score (nSPS) is 22.8. The van der Waals surface area contributed by atoms with Gasteiger partial charge in [0.15, 0.2) is 6.61 Å². The topological polar surface area (TPSA) is 49.9 Å². The molecule has 0 radical (unpaired) electrons. The second-order valence-electron chi connectivity index (χ2n) is 8.66. The zero-order valence-electron chi connectivity index (χ0n) is 17.0. The van der Waals surface area contributed by atoms with E-state index < -0.39 is 0 Å². The SMILES string of the molecule is CC(C)CCN1CC2(CCCN(C(=O)COc3cccc(F)c3)C2)CCC1=O. The first kappa shape index (κ1) is 20.6. The summed E-state index contributed by atoms with van der Waals surface area (Å²) in [5.41, 5.74) is -0.00233. The Balaban J connectivity index is 1.57. The van der Waals surface area contributed by atoms with Gasteiger partial charge in [0.1, 0.15) is 11.6 Å². The summed E-state index contributed by atoms with van der Waals surface area (Å²) >= 11 is 0. The first-order valence-electron chi connectivity index (χ1n) is 10.3. The van der Waals surface area contributed by atoms with E-state index in [-0.39, 0.29) is 29.7 Å². The third kappa shape index (κ3) is 5.24. The maximum Gasteiger partial charge on any atom is 0.260 e. The molecule has 2 heterocycles. The quantitative estimate of drug-likeness (QED) is 0.747. The molecular formula is C22H31FN2O3. The molecule has 0 saturated carbocycles. The van der Waals surface area contributed by atoms with Crippen molar-refractivity contribution in [2.45, 2.75) is 46.0 Å². The number of carbonyl (C=O) groups is 2. The summed E-state index contributed by atoms with van der Waals surface area (Å²) in [5.74, 6) is 0.714.